The summed E-state index contributed by atoms with van der Waals surface area (Å²) in [7, 11) is 1.78. The van der Waals surface area contributed by atoms with Crippen molar-refractivity contribution in [1.29, 1.82) is 0 Å². The van der Waals surface area contributed by atoms with Gasteiger partial charge < -0.3 is 15.1 Å². The molecule has 2 aromatic rings. The Kier molecular flexibility index (Phi) is 7.67. The zero-order valence-corrected chi connectivity index (χ0v) is 16.6. The van der Waals surface area contributed by atoms with Gasteiger partial charge in [0.2, 0.25) is 5.89 Å². The molecule has 1 heterocycles. The van der Waals surface area contributed by atoms with E-state index in [1.807, 2.05) is 0 Å². The van der Waals surface area contributed by atoms with E-state index in [4.69, 9.17) is 4.42 Å². The van der Waals surface area contributed by atoms with E-state index >= 15 is 0 Å². The number of nitrogens with one attached hydrogen (secondary N) is 2. The lowest BCUT2D eigenvalue weighted by atomic mass is 10.2. The zero-order valence-electron chi connectivity index (χ0n) is 14.3. The van der Waals surface area contributed by atoms with Crippen LogP contribution in [0.1, 0.15) is 31.4 Å². The van der Waals surface area contributed by atoms with Crippen LogP contribution in [-0.4, -0.2) is 30.6 Å². The minimum Gasteiger partial charge on any atom is -0.444 e. The van der Waals surface area contributed by atoms with Crippen LogP contribution in [-0.2, 0) is 6.42 Å². The van der Waals surface area contributed by atoms with Crippen LogP contribution in [0, 0.1) is 5.82 Å². The van der Waals surface area contributed by atoms with Gasteiger partial charge in [-0.25, -0.2) is 9.37 Å². The molecule has 25 heavy (non-hydrogen) atoms. The summed E-state index contributed by atoms with van der Waals surface area (Å²) >= 11 is 0. The fourth-order valence-corrected chi connectivity index (χ4v) is 2.91. The first-order valence-corrected chi connectivity index (χ1v) is 8.42. The Labute approximate surface area is 164 Å². The maximum absolute atomic E-state index is 13.0. The summed E-state index contributed by atoms with van der Waals surface area (Å²) in [6.45, 7) is 0.724. The van der Waals surface area contributed by atoms with Crippen LogP contribution < -0.4 is 10.6 Å². The number of hydrogen-bond donors (Lipinski definition) is 2. The van der Waals surface area contributed by atoms with Gasteiger partial charge in [-0.3, -0.25) is 4.99 Å². The maximum atomic E-state index is 13.0. The molecule has 7 heteroatoms. The van der Waals surface area contributed by atoms with Crippen LogP contribution in [0.15, 0.2) is 39.9 Å². The first-order valence-electron chi connectivity index (χ1n) is 8.42. The highest BCUT2D eigenvalue weighted by Crippen LogP contribution is 2.19. The molecule has 0 unspecified atom stereocenters. The molecule has 1 aliphatic rings. The van der Waals surface area contributed by atoms with Crippen molar-refractivity contribution in [2.24, 2.45) is 4.99 Å². The molecule has 1 aromatic heterocycles. The van der Waals surface area contributed by atoms with Gasteiger partial charge in [0.05, 0.1) is 5.69 Å². The Balaban J connectivity index is 0.00000225. The van der Waals surface area contributed by atoms with Gasteiger partial charge in [-0.2, -0.15) is 0 Å². The third kappa shape index (κ3) is 5.69. The summed E-state index contributed by atoms with van der Waals surface area (Å²) in [6.07, 6.45) is 7.39. The van der Waals surface area contributed by atoms with Crippen molar-refractivity contribution >= 4 is 29.9 Å². The van der Waals surface area contributed by atoms with E-state index in [1.54, 1.807) is 25.4 Å². The molecule has 0 radical (unpaired) electrons. The molecule has 0 aliphatic heterocycles. The SMILES string of the molecule is CN=C(NCCc1coc(-c2ccc(F)cc2)n1)NC1CCCC1.I. The molecule has 1 fully saturated rings. The highest BCUT2D eigenvalue weighted by molar-refractivity contribution is 14.0. The number of benzene rings is 1. The first kappa shape index (κ1) is 19.7. The van der Waals surface area contributed by atoms with Crippen LogP contribution in [0.3, 0.4) is 0 Å². The Morgan fingerprint density at radius 1 is 1.28 bits per heavy atom. The third-order valence-corrected chi connectivity index (χ3v) is 4.24. The fourth-order valence-electron chi connectivity index (χ4n) is 2.91. The van der Waals surface area contributed by atoms with E-state index in [-0.39, 0.29) is 29.8 Å². The Morgan fingerprint density at radius 2 is 2.00 bits per heavy atom. The summed E-state index contributed by atoms with van der Waals surface area (Å²) < 4.78 is 18.4. The highest BCUT2D eigenvalue weighted by Gasteiger charge is 2.15. The number of rotatable bonds is 5. The largest absolute Gasteiger partial charge is 0.444 e. The molecule has 0 atom stereocenters. The molecular formula is C18H24FIN4O. The average molecular weight is 458 g/mol. The summed E-state index contributed by atoms with van der Waals surface area (Å²) in [6, 6.07) is 6.67. The lowest BCUT2D eigenvalue weighted by molar-refractivity contribution is 0.571. The maximum Gasteiger partial charge on any atom is 0.226 e. The second kappa shape index (κ2) is 9.74. The van der Waals surface area contributed by atoms with E-state index in [1.165, 1.54) is 37.8 Å². The van der Waals surface area contributed by atoms with Crippen molar-refractivity contribution in [3.63, 3.8) is 0 Å². The Bertz CT molecular complexity index is 681. The summed E-state index contributed by atoms with van der Waals surface area (Å²) in [4.78, 5) is 8.71. The van der Waals surface area contributed by atoms with Crippen LogP contribution in [0.2, 0.25) is 0 Å². The molecule has 1 saturated carbocycles. The number of nitrogens with zero attached hydrogens (tertiary/aromatic N) is 2. The Hall–Kier alpha value is -1.64. The second-order valence-electron chi connectivity index (χ2n) is 6.03. The molecule has 0 saturated heterocycles. The normalized spacial score (nSPS) is 15.0. The van der Waals surface area contributed by atoms with Gasteiger partial charge in [0.15, 0.2) is 5.96 Å². The minimum atomic E-state index is -0.268. The standard InChI is InChI=1S/C18H23FN4O.HI/c1-20-18(23-15-4-2-3-5-15)21-11-10-16-12-24-17(22-16)13-6-8-14(19)9-7-13;/h6-9,12,15H,2-5,10-11H2,1H3,(H2,20,21,23);1H. The van der Waals surface area contributed by atoms with Gasteiger partial charge in [-0.15, -0.1) is 24.0 Å². The van der Waals surface area contributed by atoms with Crippen molar-refractivity contribution in [3.05, 3.63) is 42.0 Å². The fraction of sp³-hybridized carbons (Fsp3) is 0.444. The molecule has 3 rings (SSSR count). The molecule has 0 spiro atoms. The molecular weight excluding hydrogens is 434 g/mol. The first-order chi connectivity index (χ1) is 11.7. The van der Waals surface area contributed by atoms with E-state index in [9.17, 15) is 4.39 Å². The van der Waals surface area contributed by atoms with E-state index in [0.717, 1.165) is 30.2 Å². The van der Waals surface area contributed by atoms with E-state index in [0.29, 0.717) is 11.9 Å². The third-order valence-electron chi connectivity index (χ3n) is 4.24. The van der Waals surface area contributed by atoms with Gasteiger partial charge in [-0.1, -0.05) is 12.8 Å². The Morgan fingerprint density at radius 3 is 2.68 bits per heavy atom. The molecule has 0 amide bonds. The molecule has 136 valence electrons. The van der Waals surface area contributed by atoms with Crippen LogP contribution in [0.4, 0.5) is 4.39 Å². The highest BCUT2D eigenvalue weighted by atomic mass is 127. The monoisotopic (exact) mass is 458 g/mol. The van der Waals surface area contributed by atoms with Crippen molar-refractivity contribution < 1.29 is 8.81 Å². The molecule has 1 aliphatic carbocycles. The average Bonchev–Trinajstić information content (AvgIpc) is 3.26. The molecule has 0 bridgehead atoms. The summed E-state index contributed by atoms with van der Waals surface area (Å²) in [5.74, 6) is 1.08. The number of halogens is 2. The second-order valence-corrected chi connectivity index (χ2v) is 6.03. The van der Waals surface area contributed by atoms with Crippen molar-refractivity contribution in [1.82, 2.24) is 15.6 Å². The van der Waals surface area contributed by atoms with Gasteiger partial charge in [0, 0.05) is 31.6 Å². The van der Waals surface area contributed by atoms with Gasteiger partial charge in [0.25, 0.3) is 0 Å². The van der Waals surface area contributed by atoms with Crippen molar-refractivity contribution in [2.75, 3.05) is 13.6 Å². The number of aliphatic imine (C=N–C) groups is 1. The lowest BCUT2D eigenvalue weighted by Crippen LogP contribution is -2.43. The van der Waals surface area contributed by atoms with Crippen molar-refractivity contribution in [2.45, 2.75) is 38.1 Å². The number of guanidine groups is 1. The van der Waals surface area contributed by atoms with Gasteiger partial charge >= 0.3 is 0 Å². The molecule has 1 aromatic carbocycles. The number of aromatic nitrogens is 1. The van der Waals surface area contributed by atoms with Gasteiger partial charge in [0.1, 0.15) is 12.1 Å². The van der Waals surface area contributed by atoms with Crippen LogP contribution >= 0.6 is 24.0 Å². The smallest absolute Gasteiger partial charge is 0.226 e. The van der Waals surface area contributed by atoms with Crippen molar-refractivity contribution in [3.8, 4) is 11.5 Å². The molecule has 5 nitrogen and oxygen atoms in total. The van der Waals surface area contributed by atoms with E-state index < -0.39 is 0 Å². The predicted molar refractivity (Wildman–Crippen MR) is 108 cm³/mol. The summed E-state index contributed by atoms with van der Waals surface area (Å²) in [5.41, 5.74) is 1.63. The number of hydrogen-bond acceptors (Lipinski definition) is 3. The van der Waals surface area contributed by atoms with Gasteiger partial charge in [-0.05, 0) is 37.1 Å². The number of oxazole rings is 1. The van der Waals surface area contributed by atoms with Crippen LogP contribution in [0.5, 0.6) is 0 Å². The van der Waals surface area contributed by atoms with Crippen LogP contribution in [0.25, 0.3) is 11.5 Å². The van der Waals surface area contributed by atoms with E-state index in [2.05, 4.69) is 20.6 Å². The quantitative estimate of drug-likeness (QED) is 0.407. The predicted octanol–water partition coefficient (Wildman–Crippen LogP) is 3.75. The topological polar surface area (TPSA) is 62.5 Å². The zero-order chi connectivity index (χ0) is 16.8. The lowest BCUT2D eigenvalue weighted by Gasteiger charge is -2.16. The summed E-state index contributed by atoms with van der Waals surface area (Å²) in [5, 5.41) is 6.76. The molecule has 2 N–H and O–H groups in total. The minimum absolute atomic E-state index is 0.